The molecule has 0 radical (unpaired) electrons. The van der Waals surface area contributed by atoms with Crippen LogP contribution in [0.3, 0.4) is 0 Å². The summed E-state index contributed by atoms with van der Waals surface area (Å²) in [4.78, 5) is 44.5. The molecule has 4 rings (SSSR count). The van der Waals surface area contributed by atoms with E-state index in [0.29, 0.717) is 44.9 Å². The van der Waals surface area contributed by atoms with Gasteiger partial charge in [0.25, 0.3) is 11.5 Å². The number of carboxylic acid groups (broad SMARTS) is 1. The Morgan fingerprint density at radius 3 is 2.34 bits per heavy atom. The highest BCUT2D eigenvalue weighted by atomic mass is 35.5. The summed E-state index contributed by atoms with van der Waals surface area (Å²) in [6.07, 6.45) is 0.323. The van der Waals surface area contributed by atoms with Crippen LogP contribution in [0.25, 0.3) is 5.69 Å². The highest BCUT2D eigenvalue weighted by molar-refractivity contribution is 6.42. The fourth-order valence-corrected chi connectivity index (χ4v) is 4.37. The standard InChI is InChI=1S/C25H24Cl2N4O4/c1-13(2)28-25-29-21-12-30(22(32)16-6-9-19(26)20(27)11-16)14(3)10-18(21)23(33)31(25)17-7-4-15(5-8-17)24(34)35/h4-9,11,13-14H,10,12H2,1-3H3,(H,28,29)(H,34,35). The van der Waals surface area contributed by atoms with Crippen molar-refractivity contribution in [3.05, 3.63) is 85.2 Å². The first kappa shape index (κ1) is 24.8. The van der Waals surface area contributed by atoms with Crippen LogP contribution < -0.4 is 10.9 Å². The maximum atomic E-state index is 13.6. The molecule has 2 N–H and O–H groups in total. The van der Waals surface area contributed by atoms with Gasteiger partial charge in [-0.25, -0.2) is 14.3 Å². The van der Waals surface area contributed by atoms with Crippen LogP contribution in [0.5, 0.6) is 0 Å². The Balaban J connectivity index is 1.77. The number of carbonyl (C=O) groups excluding carboxylic acids is 1. The first-order valence-corrected chi connectivity index (χ1v) is 11.8. The zero-order valence-electron chi connectivity index (χ0n) is 19.4. The van der Waals surface area contributed by atoms with Crippen molar-refractivity contribution in [2.24, 2.45) is 0 Å². The van der Waals surface area contributed by atoms with Crippen molar-refractivity contribution >= 4 is 41.0 Å². The van der Waals surface area contributed by atoms with Crippen LogP contribution in [0.15, 0.2) is 47.3 Å². The van der Waals surface area contributed by atoms with Gasteiger partial charge in [-0.3, -0.25) is 9.59 Å². The summed E-state index contributed by atoms with van der Waals surface area (Å²) in [6, 6.07) is 10.5. The molecular formula is C25H24Cl2N4O4. The van der Waals surface area contributed by atoms with Crippen molar-refractivity contribution in [1.29, 1.82) is 0 Å². The van der Waals surface area contributed by atoms with Crippen molar-refractivity contribution in [3.8, 4) is 5.69 Å². The lowest BCUT2D eigenvalue weighted by Crippen LogP contribution is -2.46. The predicted octanol–water partition coefficient (Wildman–Crippen LogP) is 4.64. The zero-order valence-corrected chi connectivity index (χ0v) is 20.9. The van der Waals surface area contributed by atoms with E-state index in [1.165, 1.54) is 22.8 Å². The van der Waals surface area contributed by atoms with E-state index in [2.05, 4.69) is 5.32 Å². The third kappa shape index (κ3) is 4.90. The van der Waals surface area contributed by atoms with E-state index in [1.54, 1.807) is 29.2 Å². The summed E-state index contributed by atoms with van der Waals surface area (Å²) < 4.78 is 1.45. The molecule has 0 saturated heterocycles. The summed E-state index contributed by atoms with van der Waals surface area (Å²) in [5.41, 5.74) is 1.81. The Morgan fingerprint density at radius 1 is 1.09 bits per heavy atom. The minimum atomic E-state index is -1.05. The Hall–Kier alpha value is -3.36. The molecule has 2 aromatic carbocycles. The Bertz CT molecular complexity index is 1370. The van der Waals surface area contributed by atoms with E-state index in [1.807, 2.05) is 20.8 Å². The first-order valence-electron chi connectivity index (χ1n) is 11.1. The number of rotatable bonds is 5. The van der Waals surface area contributed by atoms with Gasteiger partial charge in [0.2, 0.25) is 5.95 Å². The van der Waals surface area contributed by atoms with Crippen LogP contribution in [0, 0.1) is 0 Å². The lowest BCUT2D eigenvalue weighted by atomic mass is 9.98. The second kappa shape index (κ2) is 9.71. The maximum absolute atomic E-state index is 13.6. The van der Waals surface area contributed by atoms with Crippen molar-refractivity contribution in [3.63, 3.8) is 0 Å². The number of fused-ring (bicyclic) bond motifs is 1. The molecule has 10 heteroatoms. The van der Waals surface area contributed by atoms with Gasteiger partial charge < -0.3 is 15.3 Å². The Labute approximate surface area is 212 Å². The second-order valence-electron chi connectivity index (χ2n) is 8.77. The molecule has 1 amide bonds. The van der Waals surface area contributed by atoms with Gasteiger partial charge in [-0.1, -0.05) is 23.2 Å². The van der Waals surface area contributed by atoms with E-state index in [9.17, 15) is 19.5 Å². The predicted molar refractivity (Wildman–Crippen MR) is 135 cm³/mol. The van der Waals surface area contributed by atoms with Gasteiger partial charge in [-0.05, 0) is 69.7 Å². The van der Waals surface area contributed by atoms with E-state index < -0.39 is 5.97 Å². The number of carboxylic acids is 1. The van der Waals surface area contributed by atoms with Crippen LogP contribution >= 0.6 is 23.2 Å². The van der Waals surface area contributed by atoms with Gasteiger partial charge in [0.05, 0.1) is 33.5 Å². The molecule has 0 spiro atoms. The first-order chi connectivity index (χ1) is 16.6. The van der Waals surface area contributed by atoms with E-state index in [0.717, 1.165) is 0 Å². The van der Waals surface area contributed by atoms with Gasteiger partial charge in [0.1, 0.15) is 0 Å². The number of hydrogen-bond donors (Lipinski definition) is 2. The summed E-state index contributed by atoms with van der Waals surface area (Å²) in [6.45, 7) is 5.89. The van der Waals surface area contributed by atoms with Crippen molar-refractivity contribution in [2.75, 3.05) is 5.32 Å². The number of carbonyl (C=O) groups is 2. The van der Waals surface area contributed by atoms with Gasteiger partial charge in [0.15, 0.2) is 0 Å². The molecule has 3 aromatic rings. The molecule has 1 aromatic heterocycles. The lowest BCUT2D eigenvalue weighted by molar-refractivity contribution is 0.0651. The van der Waals surface area contributed by atoms with Crippen LogP contribution in [0.2, 0.25) is 10.0 Å². The third-order valence-electron chi connectivity index (χ3n) is 5.83. The van der Waals surface area contributed by atoms with Gasteiger partial charge in [-0.15, -0.1) is 0 Å². The summed E-state index contributed by atoms with van der Waals surface area (Å²) in [5.74, 6) is -0.952. The fraction of sp³-hybridized carbons (Fsp3) is 0.280. The zero-order chi connectivity index (χ0) is 25.4. The number of benzene rings is 2. The van der Waals surface area contributed by atoms with Crippen LogP contribution in [-0.4, -0.2) is 43.5 Å². The Kier molecular flexibility index (Phi) is 6.87. The largest absolute Gasteiger partial charge is 0.478 e. The molecule has 1 aliphatic heterocycles. The molecule has 0 fully saturated rings. The van der Waals surface area contributed by atoms with Crippen LogP contribution in [0.1, 0.15) is 52.7 Å². The molecule has 1 aliphatic rings. The quantitative estimate of drug-likeness (QED) is 0.513. The lowest BCUT2D eigenvalue weighted by Gasteiger charge is -2.34. The maximum Gasteiger partial charge on any atom is 0.335 e. The Morgan fingerprint density at radius 2 is 1.74 bits per heavy atom. The van der Waals surface area contributed by atoms with Crippen molar-refractivity contribution in [1.82, 2.24) is 14.5 Å². The second-order valence-corrected chi connectivity index (χ2v) is 9.58. The molecule has 182 valence electrons. The topological polar surface area (TPSA) is 105 Å². The number of aromatic carboxylic acids is 1. The molecular weight excluding hydrogens is 491 g/mol. The fourth-order valence-electron chi connectivity index (χ4n) is 4.07. The number of halogens is 2. The number of anilines is 1. The van der Waals surface area contributed by atoms with Gasteiger partial charge >= 0.3 is 5.97 Å². The minimum Gasteiger partial charge on any atom is -0.478 e. The molecule has 0 bridgehead atoms. The molecule has 35 heavy (non-hydrogen) atoms. The SMILES string of the molecule is CC(C)Nc1nc2c(c(=O)n1-c1ccc(C(=O)O)cc1)CC(C)N(C(=O)c1ccc(Cl)c(Cl)c1)C2. The van der Waals surface area contributed by atoms with Gasteiger partial charge in [0, 0.05) is 23.2 Å². The number of hydrogen-bond acceptors (Lipinski definition) is 5. The molecule has 1 unspecified atom stereocenters. The summed E-state index contributed by atoms with van der Waals surface area (Å²) >= 11 is 12.1. The average Bonchev–Trinajstić information content (AvgIpc) is 2.80. The minimum absolute atomic E-state index is 0.0269. The molecule has 2 heterocycles. The van der Waals surface area contributed by atoms with E-state index in [4.69, 9.17) is 28.2 Å². The third-order valence-corrected chi connectivity index (χ3v) is 6.57. The normalized spacial score (nSPS) is 15.1. The number of aromatic nitrogens is 2. The van der Waals surface area contributed by atoms with E-state index >= 15 is 0 Å². The van der Waals surface area contributed by atoms with Crippen molar-refractivity contribution < 1.29 is 14.7 Å². The molecule has 8 nitrogen and oxygen atoms in total. The van der Waals surface area contributed by atoms with Gasteiger partial charge in [-0.2, -0.15) is 0 Å². The van der Waals surface area contributed by atoms with Crippen molar-refractivity contribution in [2.45, 2.75) is 45.8 Å². The highest BCUT2D eigenvalue weighted by Crippen LogP contribution is 2.27. The number of nitrogens with one attached hydrogen (secondary N) is 1. The average molecular weight is 515 g/mol. The van der Waals surface area contributed by atoms with E-state index in [-0.39, 0.29) is 35.7 Å². The number of nitrogens with zero attached hydrogens (tertiary/aromatic N) is 3. The summed E-state index contributed by atoms with van der Waals surface area (Å²) in [7, 11) is 0. The monoisotopic (exact) mass is 514 g/mol. The van der Waals surface area contributed by atoms with Crippen LogP contribution in [0.4, 0.5) is 5.95 Å². The van der Waals surface area contributed by atoms with Crippen LogP contribution in [-0.2, 0) is 13.0 Å². The highest BCUT2D eigenvalue weighted by Gasteiger charge is 2.32. The molecule has 1 atom stereocenters. The molecule has 0 saturated carbocycles. The number of amides is 1. The molecule has 0 aliphatic carbocycles. The summed E-state index contributed by atoms with van der Waals surface area (Å²) in [5, 5.41) is 13.1. The smallest absolute Gasteiger partial charge is 0.335 e.